The fourth-order valence-electron chi connectivity index (χ4n) is 3.82. The van der Waals surface area contributed by atoms with Gasteiger partial charge in [0.25, 0.3) is 5.56 Å². The Kier molecular flexibility index (Phi) is 4.83. The lowest BCUT2D eigenvalue weighted by Gasteiger charge is -2.19. The maximum atomic E-state index is 13.7. The van der Waals surface area contributed by atoms with Crippen molar-refractivity contribution in [1.29, 1.82) is 0 Å². The molecule has 0 aliphatic carbocycles. The number of aryl methyl sites for hydroxylation is 2. The summed E-state index contributed by atoms with van der Waals surface area (Å²) in [5, 5.41) is 11.4. The number of carbonyl (C=O) groups excluding carboxylic acids is 1. The van der Waals surface area contributed by atoms with Gasteiger partial charge in [-0.3, -0.25) is 9.36 Å². The highest BCUT2D eigenvalue weighted by atomic mass is 16.5. The molecule has 2 aromatic carbocycles. The number of ether oxygens (including phenoxy) is 1. The van der Waals surface area contributed by atoms with E-state index in [2.05, 4.69) is 4.98 Å². The van der Waals surface area contributed by atoms with Crippen LogP contribution in [0.4, 0.5) is 0 Å². The lowest BCUT2D eigenvalue weighted by Crippen LogP contribution is -2.23. The molecule has 0 saturated heterocycles. The summed E-state index contributed by atoms with van der Waals surface area (Å²) >= 11 is 0. The standard InChI is InChI=1S/C24H20N2O4/c1-14-18(16-10-6-4-7-11-16)23(28)26(17-12-8-5-9-13-17)21-15(2)25-20(24(29)30-3)22(27)19(14)21/h4-13,27H,1-3H3. The average molecular weight is 400 g/mol. The van der Waals surface area contributed by atoms with Gasteiger partial charge in [-0.05, 0) is 37.1 Å². The van der Waals surface area contributed by atoms with Crippen molar-refractivity contribution in [2.75, 3.05) is 7.11 Å². The van der Waals surface area contributed by atoms with E-state index in [1.165, 1.54) is 11.7 Å². The smallest absolute Gasteiger partial charge is 0.360 e. The summed E-state index contributed by atoms with van der Waals surface area (Å²) in [4.78, 5) is 30.2. The van der Waals surface area contributed by atoms with E-state index in [0.717, 1.165) is 5.56 Å². The summed E-state index contributed by atoms with van der Waals surface area (Å²) in [6.45, 7) is 3.47. The minimum Gasteiger partial charge on any atom is -0.505 e. The van der Waals surface area contributed by atoms with Crippen LogP contribution in [0.15, 0.2) is 65.5 Å². The number of hydrogen-bond donors (Lipinski definition) is 1. The minimum atomic E-state index is -0.740. The molecule has 0 aliphatic heterocycles. The van der Waals surface area contributed by atoms with Crippen molar-refractivity contribution in [3.05, 3.63) is 88.0 Å². The van der Waals surface area contributed by atoms with Crippen molar-refractivity contribution in [3.8, 4) is 22.6 Å². The number of para-hydroxylation sites is 1. The Bertz CT molecular complexity index is 1330. The molecule has 4 aromatic rings. The third-order valence-electron chi connectivity index (χ3n) is 5.17. The van der Waals surface area contributed by atoms with Gasteiger partial charge in [-0.2, -0.15) is 0 Å². The SMILES string of the molecule is COC(=O)c1nc(C)c2c(c(C)c(-c3ccccc3)c(=O)n2-c2ccccc2)c1O. The van der Waals surface area contributed by atoms with Crippen molar-refractivity contribution in [3.63, 3.8) is 0 Å². The molecule has 150 valence electrons. The van der Waals surface area contributed by atoms with Gasteiger partial charge in [0.05, 0.1) is 23.9 Å². The van der Waals surface area contributed by atoms with Crippen molar-refractivity contribution in [2.45, 2.75) is 13.8 Å². The number of aromatic hydroxyl groups is 1. The van der Waals surface area contributed by atoms with Gasteiger partial charge in [-0.25, -0.2) is 9.78 Å². The van der Waals surface area contributed by atoms with E-state index in [-0.39, 0.29) is 17.0 Å². The Morgan fingerprint density at radius 2 is 1.60 bits per heavy atom. The molecule has 0 aliphatic rings. The van der Waals surface area contributed by atoms with Crippen molar-refractivity contribution in [1.82, 2.24) is 9.55 Å². The van der Waals surface area contributed by atoms with Crippen molar-refractivity contribution < 1.29 is 14.6 Å². The van der Waals surface area contributed by atoms with Crippen molar-refractivity contribution in [2.24, 2.45) is 0 Å². The van der Waals surface area contributed by atoms with Crippen LogP contribution in [0.5, 0.6) is 5.75 Å². The molecule has 0 fully saturated rings. The maximum Gasteiger partial charge on any atom is 0.360 e. The molecule has 0 unspecified atom stereocenters. The molecule has 0 saturated carbocycles. The normalized spacial score (nSPS) is 10.9. The summed E-state index contributed by atoms with van der Waals surface area (Å²) in [5.74, 6) is -1.04. The molecule has 0 amide bonds. The molecule has 1 N–H and O–H groups in total. The maximum absolute atomic E-state index is 13.7. The van der Waals surface area contributed by atoms with Crippen LogP contribution >= 0.6 is 0 Å². The van der Waals surface area contributed by atoms with Gasteiger partial charge >= 0.3 is 5.97 Å². The number of fused-ring (bicyclic) bond motifs is 1. The number of hydrogen-bond acceptors (Lipinski definition) is 5. The molecule has 30 heavy (non-hydrogen) atoms. The summed E-state index contributed by atoms with van der Waals surface area (Å²) in [6, 6.07) is 18.4. The van der Waals surface area contributed by atoms with Gasteiger partial charge in [-0.15, -0.1) is 0 Å². The molecular formula is C24H20N2O4. The number of methoxy groups -OCH3 is 1. The highest BCUT2D eigenvalue weighted by Crippen LogP contribution is 2.36. The number of nitrogens with zero attached hydrogens (tertiary/aromatic N) is 2. The minimum absolute atomic E-state index is 0.178. The lowest BCUT2D eigenvalue weighted by atomic mass is 9.96. The third-order valence-corrected chi connectivity index (χ3v) is 5.17. The van der Waals surface area contributed by atoms with Crippen LogP contribution in [0, 0.1) is 13.8 Å². The summed E-state index contributed by atoms with van der Waals surface area (Å²) in [6.07, 6.45) is 0. The summed E-state index contributed by atoms with van der Waals surface area (Å²) in [5.41, 5.74) is 2.86. The molecule has 4 rings (SSSR count). The lowest BCUT2D eigenvalue weighted by molar-refractivity contribution is 0.0590. The predicted molar refractivity (Wildman–Crippen MR) is 115 cm³/mol. The largest absolute Gasteiger partial charge is 0.505 e. The zero-order valence-electron chi connectivity index (χ0n) is 16.8. The van der Waals surface area contributed by atoms with Gasteiger partial charge in [0, 0.05) is 11.1 Å². The Morgan fingerprint density at radius 1 is 1.00 bits per heavy atom. The number of esters is 1. The Labute approximate surface area is 173 Å². The molecule has 2 heterocycles. The molecule has 2 aromatic heterocycles. The second-order valence-corrected chi connectivity index (χ2v) is 6.95. The zero-order valence-corrected chi connectivity index (χ0v) is 16.8. The molecule has 6 nitrogen and oxygen atoms in total. The van der Waals surface area contributed by atoms with Gasteiger partial charge in [0.1, 0.15) is 0 Å². The first-order valence-corrected chi connectivity index (χ1v) is 9.43. The van der Waals surface area contributed by atoms with Crippen LogP contribution in [0.25, 0.3) is 27.7 Å². The molecule has 6 heteroatoms. The Balaban J connectivity index is 2.26. The highest BCUT2D eigenvalue weighted by molar-refractivity contribution is 6.02. The van der Waals surface area contributed by atoms with Crippen LogP contribution in [0.1, 0.15) is 21.7 Å². The molecule has 0 radical (unpaired) electrons. The van der Waals surface area contributed by atoms with Gasteiger partial charge < -0.3 is 9.84 Å². The molecule has 0 spiro atoms. The van der Waals surface area contributed by atoms with Crippen LogP contribution in [0.2, 0.25) is 0 Å². The quantitative estimate of drug-likeness (QED) is 0.522. The molecule has 0 atom stereocenters. The van der Waals surface area contributed by atoms with Crippen LogP contribution in [0.3, 0.4) is 0 Å². The fraction of sp³-hybridized carbons (Fsp3) is 0.125. The Hall–Kier alpha value is -3.93. The highest BCUT2D eigenvalue weighted by Gasteiger charge is 2.25. The van der Waals surface area contributed by atoms with Gasteiger partial charge in [0.15, 0.2) is 11.4 Å². The van der Waals surface area contributed by atoms with Gasteiger partial charge in [0.2, 0.25) is 0 Å². The number of benzene rings is 2. The third kappa shape index (κ3) is 2.93. The molecular weight excluding hydrogens is 380 g/mol. The first-order valence-electron chi connectivity index (χ1n) is 9.43. The fourth-order valence-corrected chi connectivity index (χ4v) is 3.82. The van der Waals surface area contributed by atoms with E-state index >= 15 is 0 Å². The topological polar surface area (TPSA) is 81.4 Å². The number of pyridine rings is 2. The van der Waals surface area contributed by atoms with E-state index in [9.17, 15) is 14.7 Å². The van der Waals surface area contributed by atoms with E-state index in [1.54, 1.807) is 13.8 Å². The number of carbonyl (C=O) groups is 1. The van der Waals surface area contributed by atoms with Crippen molar-refractivity contribution >= 4 is 16.9 Å². The second kappa shape index (κ2) is 7.48. The average Bonchev–Trinajstić information content (AvgIpc) is 2.76. The van der Waals surface area contributed by atoms with Crippen LogP contribution < -0.4 is 5.56 Å². The second-order valence-electron chi connectivity index (χ2n) is 6.95. The first-order chi connectivity index (χ1) is 14.5. The summed E-state index contributed by atoms with van der Waals surface area (Å²) < 4.78 is 6.32. The Morgan fingerprint density at radius 3 is 2.20 bits per heavy atom. The molecule has 0 bridgehead atoms. The van der Waals surface area contributed by atoms with E-state index in [1.807, 2.05) is 60.7 Å². The number of aromatic nitrogens is 2. The number of rotatable bonds is 3. The van der Waals surface area contributed by atoms with E-state index in [4.69, 9.17) is 4.74 Å². The first kappa shape index (κ1) is 19.4. The summed E-state index contributed by atoms with van der Waals surface area (Å²) in [7, 11) is 1.23. The van der Waals surface area contributed by atoms with E-state index in [0.29, 0.717) is 33.4 Å². The van der Waals surface area contributed by atoms with Gasteiger partial charge in [-0.1, -0.05) is 48.5 Å². The van der Waals surface area contributed by atoms with Crippen LogP contribution in [-0.2, 0) is 4.74 Å². The predicted octanol–water partition coefficient (Wildman–Crippen LogP) is 4.16. The zero-order chi connectivity index (χ0) is 21.4. The monoisotopic (exact) mass is 400 g/mol. The van der Waals surface area contributed by atoms with Crippen LogP contribution in [-0.4, -0.2) is 27.7 Å². The van der Waals surface area contributed by atoms with E-state index < -0.39 is 5.97 Å².